The van der Waals surface area contributed by atoms with Gasteiger partial charge in [-0.2, -0.15) is 0 Å². The summed E-state index contributed by atoms with van der Waals surface area (Å²) in [5.41, 5.74) is 17.3. The van der Waals surface area contributed by atoms with Crippen LogP contribution in [0.4, 0.5) is 0 Å². The molecule has 3 nitrogen and oxygen atoms in total. The lowest BCUT2D eigenvalue weighted by Crippen LogP contribution is -2.17. The van der Waals surface area contributed by atoms with E-state index in [1.165, 1.54) is 11.1 Å². The highest BCUT2D eigenvalue weighted by atomic mass is 14.9. The third-order valence-corrected chi connectivity index (χ3v) is 3.98. The molecule has 2 aromatic rings. The van der Waals surface area contributed by atoms with Crippen LogP contribution in [-0.4, -0.2) is 6.21 Å². The molecule has 3 rings (SSSR count). The van der Waals surface area contributed by atoms with Gasteiger partial charge in [0.15, 0.2) is 0 Å². The molecule has 3 heteroatoms. The topological polar surface area (TPSA) is 64.4 Å². The molecule has 0 spiro atoms. The molecule has 2 aromatic carbocycles. The minimum atomic E-state index is 0.275. The van der Waals surface area contributed by atoms with Crippen molar-refractivity contribution in [3.63, 3.8) is 0 Å². The van der Waals surface area contributed by atoms with Crippen molar-refractivity contribution in [3.8, 4) is 0 Å². The second-order valence-corrected chi connectivity index (χ2v) is 5.44. The molecule has 0 fully saturated rings. The Hall–Kier alpha value is -2.81. The number of fused-ring (bicyclic) bond motifs is 1. The standard InChI is InChI=1S/C19H19N3/c1-13(20)22-12-15-11-18(14-7-3-2-4-8-14)16-9-5-6-10-17(16)19(15)21/h2-10,12,18H,1,11,20-21H2/b22-12-/t18-/m1/s1. The predicted molar refractivity (Wildman–Crippen MR) is 92.3 cm³/mol. The zero-order valence-corrected chi connectivity index (χ0v) is 12.4. The molecule has 0 saturated heterocycles. The fourth-order valence-corrected chi connectivity index (χ4v) is 2.92. The normalized spacial score (nSPS) is 17.5. The van der Waals surface area contributed by atoms with Crippen LogP contribution in [0.2, 0.25) is 0 Å². The monoisotopic (exact) mass is 289 g/mol. The molecular formula is C19H19N3. The molecule has 0 heterocycles. The van der Waals surface area contributed by atoms with Gasteiger partial charge in [-0.05, 0) is 23.1 Å². The Morgan fingerprint density at radius 1 is 1.09 bits per heavy atom. The maximum atomic E-state index is 6.34. The lowest BCUT2D eigenvalue weighted by Gasteiger charge is -2.27. The first-order valence-electron chi connectivity index (χ1n) is 7.28. The first kappa shape index (κ1) is 14.1. The van der Waals surface area contributed by atoms with E-state index in [2.05, 4.69) is 54.0 Å². The summed E-state index contributed by atoms with van der Waals surface area (Å²) >= 11 is 0. The number of aliphatic imine (C=N–C) groups is 1. The smallest absolute Gasteiger partial charge is 0.116 e. The summed E-state index contributed by atoms with van der Waals surface area (Å²) in [6.45, 7) is 3.60. The summed E-state index contributed by atoms with van der Waals surface area (Å²) < 4.78 is 0. The van der Waals surface area contributed by atoms with Gasteiger partial charge in [0.1, 0.15) is 5.82 Å². The second-order valence-electron chi connectivity index (χ2n) is 5.44. The maximum Gasteiger partial charge on any atom is 0.116 e. The first-order chi connectivity index (χ1) is 10.7. The van der Waals surface area contributed by atoms with Crippen LogP contribution >= 0.6 is 0 Å². The van der Waals surface area contributed by atoms with Crippen molar-refractivity contribution in [2.75, 3.05) is 0 Å². The van der Waals surface area contributed by atoms with Crippen LogP contribution in [-0.2, 0) is 0 Å². The number of rotatable bonds is 3. The van der Waals surface area contributed by atoms with Gasteiger partial charge in [0.05, 0.1) is 0 Å². The number of hydrogen-bond acceptors (Lipinski definition) is 3. The molecule has 0 amide bonds. The van der Waals surface area contributed by atoms with Crippen LogP contribution in [0.15, 0.2) is 77.6 Å². The van der Waals surface area contributed by atoms with E-state index in [1.807, 2.05) is 12.1 Å². The summed E-state index contributed by atoms with van der Waals surface area (Å²) in [6.07, 6.45) is 2.55. The van der Waals surface area contributed by atoms with Gasteiger partial charge < -0.3 is 11.5 Å². The summed E-state index contributed by atoms with van der Waals surface area (Å²) in [4.78, 5) is 4.12. The van der Waals surface area contributed by atoms with Gasteiger partial charge in [-0.3, -0.25) is 0 Å². The van der Waals surface area contributed by atoms with Gasteiger partial charge >= 0.3 is 0 Å². The number of nitrogens with zero attached hydrogens (tertiary/aromatic N) is 1. The predicted octanol–water partition coefficient (Wildman–Crippen LogP) is 3.39. The van der Waals surface area contributed by atoms with Gasteiger partial charge in [-0.25, -0.2) is 4.99 Å². The Morgan fingerprint density at radius 2 is 1.77 bits per heavy atom. The highest BCUT2D eigenvalue weighted by Gasteiger charge is 2.25. The van der Waals surface area contributed by atoms with Gasteiger partial charge in [-0.15, -0.1) is 0 Å². The second kappa shape index (κ2) is 5.90. The van der Waals surface area contributed by atoms with Gasteiger partial charge in [0, 0.05) is 23.4 Å². The molecular weight excluding hydrogens is 270 g/mol. The summed E-state index contributed by atoms with van der Waals surface area (Å²) in [6, 6.07) is 18.7. The Bertz CT molecular complexity index is 757. The van der Waals surface area contributed by atoms with Crippen LogP contribution in [0.25, 0.3) is 5.70 Å². The van der Waals surface area contributed by atoms with E-state index >= 15 is 0 Å². The summed E-state index contributed by atoms with van der Waals surface area (Å²) in [5, 5.41) is 0. The highest BCUT2D eigenvalue weighted by Crippen LogP contribution is 2.39. The van der Waals surface area contributed by atoms with Crippen molar-refractivity contribution in [1.29, 1.82) is 0 Å². The fraction of sp³-hybridized carbons (Fsp3) is 0.105. The molecule has 1 atom stereocenters. The maximum absolute atomic E-state index is 6.34. The largest absolute Gasteiger partial charge is 0.398 e. The van der Waals surface area contributed by atoms with Crippen LogP contribution in [0, 0.1) is 0 Å². The molecule has 1 aliphatic rings. The fourth-order valence-electron chi connectivity index (χ4n) is 2.92. The minimum absolute atomic E-state index is 0.275. The van der Waals surface area contributed by atoms with Crippen molar-refractivity contribution >= 4 is 11.9 Å². The van der Waals surface area contributed by atoms with Crippen LogP contribution in [0.5, 0.6) is 0 Å². The van der Waals surface area contributed by atoms with Crippen LogP contribution < -0.4 is 11.5 Å². The van der Waals surface area contributed by atoms with E-state index < -0.39 is 0 Å². The Labute approximate surface area is 130 Å². The van der Waals surface area contributed by atoms with Crippen molar-refractivity contribution in [3.05, 3.63) is 89.3 Å². The van der Waals surface area contributed by atoms with E-state index in [-0.39, 0.29) is 11.7 Å². The van der Waals surface area contributed by atoms with Gasteiger partial charge in [0.2, 0.25) is 0 Å². The SMILES string of the molecule is C=C(N)/N=C\C1=C(N)c2ccccc2[C@@H](c2ccccc2)C1. The molecule has 0 aromatic heterocycles. The first-order valence-corrected chi connectivity index (χ1v) is 7.28. The van der Waals surface area contributed by atoms with E-state index in [0.717, 1.165) is 23.3 Å². The average molecular weight is 289 g/mol. The van der Waals surface area contributed by atoms with Crippen molar-refractivity contribution in [1.82, 2.24) is 0 Å². The van der Waals surface area contributed by atoms with E-state index in [0.29, 0.717) is 0 Å². The third kappa shape index (κ3) is 2.66. The molecule has 4 N–H and O–H groups in total. The van der Waals surface area contributed by atoms with E-state index in [4.69, 9.17) is 11.5 Å². The molecule has 0 radical (unpaired) electrons. The number of allylic oxidation sites excluding steroid dienone is 1. The van der Waals surface area contributed by atoms with Crippen LogP contribution in [0.1, 0.15) is 29.0 Å². The number of nitrogens with two attached hydrogens (primary N) is 2. The molecule has 110 valence electrons. The molecule has 0 bridgehead atoms. The molecule has 0 aliphatic heterocycles. The van der Waals surface area contributed by atoms with Crippen LogP contribution in [0.3, 0.4) is 0 Å². The van der Waals surface area contributed by atoms with Gasteiger partial charge in [0.25, 0.3) is 0 Å². The number of hydrogen-bond donors (Lipinski definition) is 2. The summed E-state index contributed by atoms with van der Waals surface area (Å²) in [5.74, 6) is 0.563. The molecule has 0 saturated carbocycles. The third-order valence-electron chi connectivity index (χ3n) is 3.98. The Morgan fingerprint density at radius 3 is 2.50 bits per heavy atom. The number of benzene rings is 2. The van der Waals surface area contributed by atoms with E-state index in [9.17, 15) is 0 Å². The van der Waals surface area contributed by atoms with Gasteiger partial charge in [-0.1, -0.05) is 61.2 Å². The lowest BCUT2D eigenvalue weighted by atomic mass is 9.78. The van der Waals surface area contributed by atoms with E-state index in [1.54, 1.807) is 6.21 Å². The van der Waals surface area contributed by atoms with Crippen molar-refractivity contribution in [2.45, 2.75) is 12.3 Å². The molecule has 1 aliphatic carbocycles. The van der Waals surface area contributed by atoms with Crippen molar-refractivity contribution in [2.24, 2.45) is 16.5 Å². The lowest BCUT2D eigenvalue weighted by molar-refractivity contribution is 0.799. The summed E-state index contributed by atoms with van der Waals surface area (Å²) in [7, 11) is 0. The molecule has 22 heavy (non-hydrogen) atoms. The average Bonchev–Trinajstić information content (AvgIpc) is 2.55. The zero-order valence-electron chi connectivity index (χ0n) is 12.4. The minimum Gasteiger partial charge on any atom is -0.398 e. The van der Waals surface area contributed by atoms with Crippen molar-refractivity contribution < 1.29 is 0 Å². The Kier molecular flexibility index (Phi) is 3.79. The Balaban J connectivity index is 2.10. The molecule has 0 unspecified atom stereocenters. The quantitative estimate of drug-likeness (QED) is 0.851. The highest BCUT2D eigenvalue weighted by molar-refractivity contribution is 5.92. The zero-order chi connectivity index (χ0) is 15.5.